The van der Waals surface area contributed by atoms with Crippen LogP contribution in [0.3, 0.4) is 0 Å². The second kappa shape index (κ2) is 5.68. The van der Waals surface area contributed by atoms with Crippen molar-refractivity contribution in [2.24, 2.45) is 17.8 Å². The molecule has 2 aromatic rings. The topological polar surface area (TPSA) is 55.1 Å². The minimum Gasteiger partial charge on any atom is -0.438 e. The Morgan fingerprint density at radius 2 is 2.00 bits per heavy atom. The first-order chi connectivity index (χ1) is 11.1. The Morgan fingerprint density at radius 3 is 2.70 bits per heavy atom. The largest absolute Gasteiger partial charge is 0.438 e. The number of carbonyl (C=O) groups is 1. The smallest absolute Gasteiger partial charge is 0.224 e. The molecule has 5 heteroatoms. The number of nitrogens with zero attached hydrogens (tertiary/aromatic N) is 1. The molecular weight excluding hydrogens is 312 g/mol. The summed E-state index contributed by atoms with van der Waals surface area (Å²) >= 11 is 5.91. The van der Waals surface area contributed by atoms with Crippen molar-refractivity contribution in [3.05, 3.63) is 40.9 Å². The maximum absolute atomic E-state index is 12.2. The van der Waals surface area contributed by atoms with E-state index in [1.165, 1.54) is 19.3 Å². The van der Waals surface area contributed by atoms with Gasteiger partial charge in [0.2, 0.25) is 11.8 Å². The van der Waals surface area contributed by atoms with Crippen molar-refractivity contribution in [1.29, 1.82) is 0 Å². The van der Waals surface area contributed by atoms with E-state index in [0.29, 0.717) is 29.3 Å². The van der Waals surface area contributed by atoms with Crippen LogP contribution < -0.4 is 5.32 Å². The normalized spacial score (nSPS) is 25.2. The van der Waals surface area contributed by atoms with Crippen LogP contribution in [0.25, 0.3) is 11.3 Å². The molecule has 1 heterocycles. The number of fused-ring (bicyclic) bond motifs is 1. The Balaban J connectivity index is 1.41. The lowest BCUT2D eigenvalue weighted by Gasteiger charge is -2.04. The number of oxazole rings is 1. The summed E-state index contributed by atoms with van der Waals surface area (Å²) in [4.78, 5) is 16.6. The van der Waals surface area contributed by atoms with Gasteiger partial charge in [-0.3, -0.25) is 4.79 Å². The van der Waals surface area contributed by atoms with E-state index in [2.05, 4.69) is 10.3 Å². The molecule has 0 spiro atoms. The predicted molar refractivity (Wildman–Crippen MR) is 87.9 cm³/mol. The number of benzene rings is 1. The Kier molecular flexibility index (Phi) is 3.64. The van der Waals surface area contributed by atoms with Crippen LogP contribution in [-0.4, -0.2) is 10.9 Å². The number of aromatic nitrogens is 1. The van der Waals surface area contributed by atoms with Gasteiger partial charge in [0.25, 0.3) is 0 Å². The molecule has 0 bridgehead atoms. The Bertz CT molecular complexity index is 728. The zero-order chi connectivity index (χ0) is 16.0. The average Bonchev–Trinajstić information content (AvgIpc) is 2.87. The van der Waals surface area contributed by atoms with Gasteiger partial charge >= 0.3 is 0 Å². The molecule has 23 heavy (non-hydrogen) atoms. The van der Waals surface area contributed by atoms with E-state index in [1.54, 1.807) is 0 Å². The van der Waals surface area contributed by atoms with Gasteiger partial charge in [-0.2, -0.15) is 0 Å². The zero-order valence-electron chi connectivity index (χ0n) is 13.0. The molecule has 4 rings (SSSR count). The summed E-state index contributed by atoms with van der Waals surface area (Å²) in [5, 5.41) is 3.66. The molecule has 2 aliphatic rings. The first-order valence-corrected chi connectivity index (χ1v) is 8.51. The highest BCUT2D eigenvalue weighted by molar-refractivity contribution is 6.30. The monoisotopic (exact) mass is 330 g/mol. The number of amides is 1. The molecule has 4 nitrogen and oxygen atoms in total. The van der Waals surface area contributed by atoms with Gasteiger partial charge in [0.05, 0.1) is 12.2 Å². The first-order valence-electron chi connectivity index (χ1n) is 8.13. The second-order valence-electron chi connectivity index (χ2n) is 6.53. The lowest BCUT2D eigenvalue weighted by Crippen LogP contribution is -2.26. The van der Waals surface area contributed by atoms with Crippen LogP contribution in [0.5, 0.6) is 0 Å². The van der Waals surface area contributed by atoms with Crippen LogP contribution >= 0.6 is 11.6 Å². The minimum atomic E-state index is 0.156. The molecule has 0 radical (unpaired) electrons. The summed E-state index contributed by atoms with van der Waals surface area (Å²) in [7, 11) is 0. The van der Waals surface area contributed by atoms with Gasteiger partial charge in [-0.05, 0) is 55.9 Å². The van der Waals surface area contributed by atoms with Crippen molar-refractivity contribution in [1.82, 2.24) is 10.3 Å². The summed E-state index contributed by atoms with van der Waals surface area (Å²) in [5.74, 6) is 2.93. The number of carbonyl (C=O) groups excluding carboxylic acids is 1. The molecule has 3 atom stereocenters. The van der Waals surface area contributed by atoms with E-state index in [1.807, 2.05) is 31.2 Å². The van der Waals surface area contributed by atoms with Crippen molar-refractivity contribution >= 4 is 17.5 Å². The molecule has 1 aromatic heterocycles. The maximum Gasteiger partial charge on any atom is 0.224 e. The number of nitrogens with one attached hydrogen (secondary N) is 1. The standard InChI is InChI=1S/C18H19ClN2O2/c1-10-17(11-5-7-12(19)8-6-11)23-15(21-10)9-20-18(22)16-13-3-2-4-14(13)16/h5-8,13-14,16H,2-4,9H2,1H3,(H,20,22)/t13-,14+,16?. The molecule has 2 fully saturated rings. The number of aryl methyl sites for hydroxylation is 1. The Labute approximate surface area is 140 Å². The molecule has 120 valence electrons. The molecule has 0 saturated heterocycles. The average molecular weight is 331 g/mol. The third kappa shape index (κ3) is 2.76. The Hall–Kier alpha value is -1.81. The fraction of sp³-hybridized carbons (Fsp3) is 0.444. The minimum absolute atomic E-state index is 0.156. The number of hydrogen-bond donors (Lipinski definition) is 1. The third-order valence-corrected chi connectivity index (χ3v) is 5.32. The van der Waals surface area contributed by atoms with Gasteiger partial charge in [0, 0.05) is 16.5 Å². The number of halogens is 1. The molecule has 2 saturated carbocycles. The van der Waals surface area contributed by atoms with Crippen molar-refractivity contribution in [3.8, 4) is 11.3 Å². The molecule has 0 aliphatic heterocycles. The first kappa shape index (κ1) is 14.8. The van der Waals surface area contributed by atoms with E-state index < -0.39 is 0 Å². The molecule has 1 unspecified atom stereocenters. The van der Waals surface area contributed by atoms with Crippen LogP contribution in [0, 0.1) is 24.7 Å². The Morgan fingerprint density at radius 1 is 1.30 bits per heavy atom. The van der Waals surface area contributed by atoms with Crippen LogP contribution in [0.4, 0.5) is 0 Å². The van der Waals surface area contributed by atoms with Crippen molar-refractivity contribution < 1.29 is 9.21 Å². The predicted octanol–water partition coefficient (Wildman–Crippen LogP) is 3.97. The fourth-order valence-corrected chi connectivity index (χ4v) is 4.01. The van der Waals surface area contributed by atoms with Crippen LogP contribution in [0.2, 0.25) is 5.02 Å². The van der Waals surface area contributed by atoms with Crippen molar-refractivity contribution in [2.45, 2.75) is 32.7 Å². The van der Waals surface area contributed by atoms with Gasteiger partial charge in [0.1, 0.15) is 0 Å². The van der Waals surface area contributed by atoms with E-state index >= 15 is 0 Å². The molecule has 2 aliphatic carbocycles. The summed E-state index contributed by atoms with van der Waals surface area (Å²) in [5.41, 5.74) is 1.76. The van der Waals surface area contributed by atoms with E-state index in [4.69, 9.17) is 16.0 Å². The molecular formula is C18H19ClN2O2. The SMILES string of the molecule is Cc1nc(CNC(=O)C2[C@H]3CCC[C@@H]23)oc1-c1ccc(Cl)cc1. The number of rotatable bonds is 4. The van der Waals surface area contributed by atoms with Crippen molar-refractivity contribution in [2.75, 3.05) is 0 Å². The van der Waals surface area contributed by atoms with Gasteiger partial charge < -0.3 is 9.73 Å². The van der Waals surface area contributed by atoms with Crippen LogP contribution in [0.1, 0.15) is 30.8 Å². The summed E-state index contributed by atoms with van der Waals surface area (Å²) in [6.07, 6.45) is 3.70. The van der Waals surface area contributed by atoms with E-state index in [9.17, 15) is 4.79 Å². The zero-order valence-corrected chi connectivity index (χ0v) is 13.8. The van der Waals surface area contributed by atoms with Gasteiger partial charge in [-0.1, -0.05) is 18.0 Å². The fourth-order valence-electron chi connectivity index (χ4n) is 3.89. The van der Waals surface area contributed by atoms with Gasteiger partial charge in [-0.15, -0.1) is 0 Å². The summed E-state index contributed by atoms with van der Waals surface area (Å²) in [6, 6.07) is 7.46. The molecule has 1 N–H and O–H groups in total. The van der Waals surface area contributed by atoms with Crippen LogP contribution in [-0.2, 0) is 11.3 Å². The quantitative estimate of drug-likeness (QED) is 0.923. The number of hydrogen-bond acceptors (Lipinski definition) is 3. The second-order valence-corrected chi connectivity index (χ2v) is 6.97. The lowest BCUT2D eigenvalue weighted by molar-refractivity contribution is -0.123. The molecule has 1 amide bonds. The van der Waals surface area contributed by atoms with E-state index in [0.717, 1.165) is 17.0 Å². The highest BCUT2D eigenvalue weighted by Gasteiger charge is 2.56. The van der Waals surface area contributed by atoms with Crippen LogP contribution in [0.15, 0.2) is 28.7 Å². The summed E-state index contributed by atoms with van der Waals surface area (Å²) < 4.78 is 5.82. The third-order valence-electron chi connectivity index (χ3n) is 5.07. The van der Waals surface area contributed by atoms with E-state index in [-0.39, 0.29) is 11.8 Å². The lowest BCUT2D eigenvalue weighted by atomic mass is 10.1. The van der Waals surface area contributed by atoms with Gasteiger partial charge in [-0.25, -0.2) is 4.98 Å². The molecule has 1 aromatic carbocycles. The van der Waals surface area contributed by atoms with Crippen molar-refractivity contribution in [3.63, 3.8) is 0 Å². The maximum atomic E-state index is 12.2. The summed E-state index contributed by atoms with van der Waals surface area (Å²) in [6.45, 7) is 2.26. The highest BCUT2D eigenvalue weighted by atomic mass is 35.5. The van der Waals surface area contributed by atoms with Gasteiger partial charge in [0.15, 0.2) is 5.76 Å². The highest BCUT2D eigenvalue weighted by Crippen LogP contribution is 2.57.